The highest BCUT2D eigenvalue weighted by Crippen LogP contribution is 2.28. The summed E-state index contributed by atoms with van der Waals surface area (Å²) in [7, 11) is 1.62. The summed E-state index contributed by atoms with van der Waals surface area (Å²) in [5.41, 5.74) is 3.97. The van der Waals surface area contributed by atoms with Gasteiger partial charge < -0.3 is 19.7 Å². The number of aromatic nitrogens is 1. The van der Waals surface area contributed by atoms with Crippen LogP contribution < -0.4 is 14.8 Å². The number of pyridine rings is 1. The van der Waals surface area contributed by atoms with Crippen LogP contribution >= 0.6 is 0 Å². The molecule has 0 saturated heterocycles. The quantitative estimate of drug-likeness (QED) is 0.686. The van der Waals surface area contributed by atoms with E-state index in [0.29, 0.717) is 30.2 Å². The molecule has 0 saturated carbocycles. The van der Waals surface area contributed by atoms with Crippen LogP contribution in [0.25, 0.3) is 11.3 Å². The molecule has 3 aromatic rings. The van der Waals surface area contributed by atoms with E-state index in [1.165, 1.54) is 6.92 Å². The number of nitrogens with zero attached hydrogens (tertiary/aromatic N) is 2. The maximum absolute atomic E-state index is 12.6. The average Bonchev–Trinajstić information content (AvgIpc) is 2.92. The van der Waals surface area contributed by atoms with Crippen molar-refractivity contribution in [2.75, 3.05) is 19.0 Å². The van der Waals surface area contributed by atoms with Crippen LogP contribution in [0.4, 0.5) is 5.69 Å². The fraction of sp³-hybridized carbons (Fsp3) is 0.208. The summed E-state index contributed by atoms with van der Waals surface area (Å²) in [6.07, 6.45) is 0. The summed E-state index contributed by atoms with van der Waals surface area (Å²) in [6, 6.07) is 18.8. The molecule has 0 bridgehead atoms. The number of nitrogens with one attached hydrogen (secondary N) is 1. The number of methoxy groups -OCH3 is 1. The Morgan fingerprint density at radius 3 is 2.81 bits per heavy atom. The molecule has 1 aliphatic heterocycles. The lowest BCUT2D eigenvalue weighted by atomic mass is 10.1. The molecule has 0 fully saturated rings. The van der Waals surface area contributed by atoms with Gasteiger partial charge in [0.1, 0.15) is 17.2 Å². The van der Waals surface area contributed by atoms with Crippen LogP contribution in [0, 0.1) is 0 Å². The number of ether oxygens (including phenoxy) is 2. The number of carbonyl (C=O) groups excluding carboxylic acids is 2. The Kier molecular flexibility index (Phi) is 5.84. The number of fused-ring (bicyclic) bond motifs is 1. The van der Waals surface area contributed by atoms with Crippen LogP contribution in [0.1, 0.15) is 18.2 Å². The fourth-order valence-electron chi connectivity index (χ4n) is 3.49. The zero-order valence-electron chi connectivity index (χ0n) is 17.4. The van der Waals surface area contributed by atoms with E-state index >= 15 is 0 Å². The van der Waals surface area contributed by atoms with E-state index < -0.39 is 0 Å². The zero-order chi connectivity index (χ0) is 21.8. The van der Waals surface area contributed by atoms with Crippen LogP contribution in [0.15, 0.2) is 60.7 Å². The van der Waals surface area contributed by atoms with E-state index in [9.17, 15) is 9.59 Å². The largest absolute Gasteiger partial charge is 0.497 e. The minimum atomic E-state index is -0.132. The van der Waals surface area contributed by atoms with Crippen molar-refractivity contribution in [2.45, 2.75) is 20.0 Å². The molecule has 0 unspecified atom stereocenters. The highest BCUT2D eigenvalue weighted by atomic mass is 16.5. The lowest BCUT2D eigenvalue weighted by Gasteiger charge is -2.20. The van der Waals surface area contributed by atoms with Crippen molar-refractivity contribution in [1.82, 2.24) is 9.88 Å². The molecule has 2 heterocycles. The Bertz CT molecular complexity index is 1130. The van der Waals surface area contributed by atoms with E-state index in [-0.39, 0.29) is 18.4 Å². The molecule has 0 atom stereocenters. The molecule has 4 rings (SSSR count). The number of hydrogen-bond acceptors (Lipinski definition) is 5. The van der Waals surface area contributed by atoms with Crippen molar-refractivity contribution < 1.29 is 19.1 Å². The van der Waals surface area contributed by atoms with Gasteiger partial charge in [-0.25, -0.2) is 4.98 Å². The highest BCUT2D eigenvalue weighted by Gasteiger charge is 2.23. The molecule has 31 heavy (non-hydrogen) atoms. The van der Waals surface area contributed by atoms with E-state index in [1.54, 1.807) is 12.0 Å². The van der Waals surface area contributed by atoms with Gasteiger partial charge in [-0.05, 0) is 42.0 Å². The topological polar surface area (TPSA) is 80.8 Å². The predicted octanol–water partition coefficient (Wildman–Crippen LogP) is 3.64. The maximum atomic E-state index is 12.6. The normalized spacial score (nSPS) is 13.1. The first kappa shape index (κ1) is 20.4. The number of benzene rings is 2. The Balaban J connectivity index is 1.60. The Morgan fingerprint density at radius 2 is 2.00 bits per heavy atom. The van der Waals surface area contributed by atoms with Gasteiger partial charge in [0.15, 0.2) is 6.61 Å². The number of carbonyl (C=O) groups is 2. The number of rotatable bonds is 5. The fourth-order valence-corrected chi connectivity index (χ4v) is 3.49. The molecule has 1 aliphatic rings. The number of hydrogen-bond donors (Lipinski definition) is 1. The summed E-state index contributed by atoms with van der Waals surface area (Å²) >= 11 is 0. The van der Waals surface area contributed by atoms with Gasteiger partial charge in [-0.2, -0.15) is 0 Å². The summed E-state index contributed by atoms with van der Waals surface area (Å²) in [5, 5.41) is 2.78. The number of anilines is 1. The smallest absolute Gasteiger partial charge is 0.261 e. The molecule has 1 aromatic heterocycles. The second kappa shape index (κ2) is 8.87. The summed E-state index contributed by atoms with van der Waals surface area (Å²) in [5.74, 6) is 1.11. The SMILES string of the molecule is COc1cccc(CN2Cc3nc(-c4cccc(NC(C)=O)c4)ccc3OCC2=O)c1. The third-order valence-corrected chi connectivity index (χ3v) is 4.96. The Hall–Kier alpha value is -3.87. The second-order valence-electron chi connectivity index (χ2n) is 7.29. The van der Waals surface area contributed by atoms with Crippen molar-refractivity contribution >= 4 is 17.5 Å². The minimum absolute atomic E-state index is 0.0317. The van der Waals surface area contributed by atoms with Gasteiger partial charge in [-0.1, -0.05) is 24.3 Å². The standard InChI is InChI=1S/C24H23N3O4/c1-16(28)25-19-7-4-6-18(12-19)21-9-10-23-22(26-21)14-27(24(29)15-31-23)13-17-5-3-8-20(11-17)30-2/h3-12H,13-15H2,1-2H3,(H,25,28). The first-order valence-electron chi connectivity index (χ1n) is 9.93. The molecule has 0 aliphatic carbocycles. The first-order chi connectivity index (χ1) is 15.0. The van der Waals surface area contributed by atoms with Gasteiger partial charge in [0.25, 0.3) is 5.91 Å². The summed E-state index contributed by atoms with van der Waals surface area (Å²) in [4.78, 5) is 30.5. The van der Waals surface area contributed by atoms with Gasteiger partial charge in [0.2, 0.25) is 5.91 Å². The molecular weight excluding hydrogens is 394 g/mol. The Morgan fingerprint density at radius 1 is 1.16 bits per heavy atom. The molecule has 0 radical (unpaired) electrons. The molecule has 7 nitrogen and oxygen atoms in total. The first-order valence-corrected chi connectivity index (χ1v) is 9.93. The van der Waals surface area contributed by atoms with Gasteiger partial charge >= 0.3 is 0 Å². The molecule has 2 aromatic carbocycles. The summed E-state index contributed by atoms with van der Waals surface area (Å²) < 4.78 is 11.0. The number of amides is 2. The zero-order valence-corrected chi connectivity index (χ0v) is 17.4. The van der Waals surface area contributed by atoms with E-state index in [4.69, 9.17) is 14.5 Å². The maximum Gasteiger partial charge on any atom is 0.261 e. The average molecular weight is 417 g/mol. The van der Waals surface area contributed by atoms with E-state index in [0.717, 1.165) is 22.6 Å². The van der Waals surface area contributed by atoms with Crippen LogP contribution in [-0.2, 0) is 22.7 Å². The van der Waals surface area contributed by atoms with Crippen LogP contribution in [0.3, 0.4) is 0 Å². The van der Waals surface area contributed by atoms with Gasteiger partial charge in [0, 0.05) is 24.7 Å². The van der Waals surface area contributed by atoms with Gasteiger partial charge in [0.05, 0.1) is 19.3 Å². The molecule has 158 valence electrons. The summed E-state index contributed by atoms with van der Waals surface area (Å²) in [6.45, 7) is 2.21. The third-order valence-electron chi connectivity index (χ3n) is 4.96. The molecule has 1 N–H and O–H groups in total. The van der Waals surface area contributed by atoms with Gasteiger partial charge in [-0.3, -0.25) is 9.59 Å². The molecule has 7 heteroatoms. The lowest BCUT2D eigenvalue weighted by molar-refractivity contribution is -0.133. The monoisotopic (exact) mass is 417 g/mol. The highest BCUT2D eigenvalue weighted by molar-refractivity contribution is 5.89. The Labute approximate surface area is 180 Å². The molecule has 0 spiro atoms. The van der Waals surface area contributed by atoms with Crippen molar-refractivity contribution in [3.8, 4) is 22.8 Å². The lowest BCUT2D eigenvalue weighted by Crippen LogP contribution is -2.32. The van der Waals surface area contributed by atoms with Crippen molar-refractivity contribution in [3.63, 3.8) is 0 Å². The predicted molar refractivity (Wildman–Crippen MR) is 117 cm³/mol. The van der Waals surface area contributed by atoms with Crippen molar-refractivity contribution in [3.05, 3.63) is 71.9 Å². The van der Waals surface area contributed by atoms with Crippen molar-refractivity contribution in [2.24, 2.45) is 0 Å². The minimum Gasteiger partial charge on any atom is -0.497 e. The third kappa shape index (κ3) is 4.83. The van der Waals surface area contributed by atoms with E-state index in [2.05, 4.69) is 5.32 Å². The molecular formula is C24H23N3O4. The van der Waals surface area contributed by atoms with Crippen molar-refractivity contribution in [1.29, 1.82) is 0 Å². The molecule has 2 amide bonds. The van der Waals surface area contributed by atoms with Crippen LogP contribution in [0.2, 0.25) is 0 Å². The van der Waals surface area contributed by atoms with Crippen LogP contribution in [-0.4, -0.2) is 35.4 Å². The van der Waals surface area contributed by atoms with Gasteiger partial charge in [-0.15, -0.1) is 0 Å². The van der Waals surface area contributed by atoms with Crippen LogP contribution in [0.5, 0.6) is 11.5 Å². The second-order valence-corrected chi connectivity index (χ2v) is 7.29. The van der Waals surface area contributed by atoms with E-state index in [1.807, 2.05) is 60.7 Å².